The third-order valence-corrected chi connectivity index (χ3v) is 8.08. The van der Waals surface area contributed by atoms with E-state index in [9.17, 15) is 8.42 Å². The van der Waals surface area contributed by atoms with Gasteiger partial charge < -0.3 is 0 Å². The Morgan fingerprint density at radius 3 is 2.46 bits per heavy atom. The summed E-state index contributed by atoms with van der Waals surface area (Å²) < 4.78 is 28.1. The van der Waals surface area contributed by atoms with Crippen LogP contribution in [0.25, 0.3) is 0 Å². The molecule has 4 nitrogen and oxygen atoms in total. The number of aryl methyl sites for hydroxylation is 2. The van der Waals surface area contributed by atoms with Gasteiger partial charge in [-0.25, -0.2) is 8.42 Å². The van der Waals surface area contributed by atoms with Gasteiger partial charge in [-0.05, 0) is 67.9 Å². The van der Waals surface area contributed by atoms with Gasteiger partial charge in [0.1, 0.15) is 0 Å². The first-order valence-corrected chi connectivity index (χ1v) is 11.9. The minimum absolute atomic E-state index is 0.227. The molecule has 1 saturated heterocycles. The lowest BCUT2D eigenvalue weighted by Gasteiger charge is -2.39. The quantitative estimate of drug-likeness (QED) is 0.774. The van der Waals surface area contributed by atoms with E-state index in [0.29, 0.717) is 18.0 Å². The number of piperazine rings is 1. The number of sulfonamides is 1. The lowest BCUT2D eigenvalue weighted by molar-refractivity contribution is 0.130. The molecular formula is C23H30N2O2S. The van der Waals surface area contributed by atoms with Crippen molar-refractivity contribution in [1.82, 2.24) is 9.21 Å². The lowest BCUT2D eigenvalue weighted by Crippen LogP contribution is -2.53. The molecule has 5 heteroatoms. The Labute approximate surface area is 169 Å². The predicted octanol–water partition coefficient (Wildman–Crippen LogP) is 3.50. The molecule has 0 spiro atoms. The van der Waals surface area contributed by atoms with Crippen LogP contribution in [0, 0.1) is 0 Å². The second-order valence-corrected chi connectivity index (χ2v) is 10.1. The summed E-state index contributed by atoms with van der Waals surface area (Å²) in [5, 5.41) is 0. The van der Waals surface area contributed by atoms with Crippen molar-refractivity contribution < 1.29 is 8.42 Å². The van der Waals surface area contributed by atoms with E-state index < -0.39 is 10.0 Å². The van der Waals surface area contributed by atoms with Crippen LogP contribution in [0.3, 0.4) is 0 Å². The molecule has 0 radical (unpaired) electrons. The van der Waals surface area contributed by atoms with Gasteiger partial charge in [0.15, 0.2) is 0 Å². The Morgan fingerprint density at radius 1 is 0.964 bits per heavy atom. The summed E-state index contributed by atoms with van der Waals surface area (Å²) in [5.41, 5.74) is 3.88. The summed E-state index contributed by atoms with van der Waals surface area (Å²) in [6.07, 6.45) is 5.45. The molecule has 0 saturated carbocycles. The molecule has 1 unspecified atom stereocenters. The van der Waals surface area contributed by atoms with Gasteiger partial charge in [0.2, 0.25) is 10.0 Å². The Kier molecular flexibility index (Phi) is 5.85. The standard InChI is InChI=1S/C23H30N2O2S/c1-19-18-25(16-15-24(19)14-13-20-7-3-2-4-8-20)28(26,27)23-12-11-21-9-5-6-10-22(21)17-23/h2-4,7-8,11-12,17,19H,5-6,9-10,13-16,18H2,1H3. The van der Waals surface area contributed by atoms with Crippen LogP contribution in [-0.2, 0) is 29.3 Å². The van der Waals surface area contributed by atoms with Crippen LogP contribution in [0.2, 0.25) is 0 Å². The van der Waals surface area contributed by atoms with Gasteiger partial charge in [0.25, 0.3) is 0 Å². The maximum absolute atomic E-state index is 13.2. The molecule has 1 heterocycles. The molecule has 2 aromatic carbocycles. The third-order valence-electron chi connectivity index (χ3n) is 6.22. The molecule has 28 heavy (non-hydrogen) atoms. The molecule has 0 amide bonds. The van der Waals surface area contributed by atoms with E-state index in [-0.39, 0.29) is 6.04 Å². The molecule has 150 valence electrons. The lowest BCUT2D eigenvalue weighted by atomic mass is 9.92. The van der Waals surface area contributed by atoms with E-state index in [2.05, 4.69) is 36.1 Å². The summed E-state index contributed by atoms with van der Waals surface area (Å²) >= 11 is 0. The maximum atomic E-state index is 13.2. The van der Waals surface area contributed by atoms with Crippen molar-refractivity contribution in [3.05, 3.63) is 65.2 Å². The van der Waals surface area contributed by atoms with Crippen LogP contribution in [0.15, 0.2) is 53.4 Å². The summed E-state index contributed by atoms with van der Waals surface area (Å²) in [7, 11) is -3.41. The van der Waals surface area contributed by atoms with Crippen LogP contribution in [0.5, 0.6) is 0 Å². The second kappa shape index (κ2) is 8.36. The van der Waals surface area contributed by atoms with Crippen molar-refractivity contribution in [2.45, 2.75) is 50.0 Å². The summed E-state index contributed by atoms with van der Waals surface area (Å²) in [4.78, 5) is 2.88. The molecule has 4 rings (SSSR count). The van der Waals surface area contributed by atoms with Gasteiger partial charge in [0, 0.05) is 32.2 Å². The Hall–Kier alpha value is -1.69. The Bertz CT molecular complexity index is 911. The van der Waals surface area contributed by atoms with Crippen molar-refractivity contribution in [2.75, 3.05) is 26.2 Å². The first kappa shape index (κ1) is 19.6. The number of hydrogen-bond donors (Lipinski definition) is 0. The average molecular weight is 399 g/mol. The highest BCUT2D eigenvalue weighted by molar-refractivity contribution is 7.89. The van der Waals surface area contributed by atoms with Gasteiger partial charge >= 0.3 is 0 Å². The van der Waals surface area contributed by atoms with Crippen LogP contribution in [-0.4, -0.2) is 49.8 Å². The molecule has 1 atom stereocenters. The molecule has 0 aromatic heterocycles. The average Bonchev–Trinajstić information content (AvgIpc) is 2.73. The van der Waals surface area contributed by atoms with Gasteiger partial charge in [-0.15, -0.1) is 0 Å². The van der Waals surface area contributed by atoms with E-state index in [1.54, 1.807) is 4.31 Å². The molecule has 0 bridgehead atoms. The molecule has 0 N–H and O–H groups in total. The van der Waals surface area contributed by atoms with Crippen molar-refractivity contribution >= 4 is 10.0 Å². The first-order valence-electron chi connectivity index (χ1n) is 10.4. The predicted molar refractivity (Wildman–Crippen MR) is 113 cm³/mol. The maximum Gasteiger partial charge on any atom is 0.243 e. The molecule has 1 aliphatic heterocycles. The first-order chi connectivity index (χ1) is 13.5. The third kappa shape index (κ3) is 4.17. The SMILES string of the molecule is CC1CN(S(=O)(=O)c2ccc3c(c2)CCCC3)CCN1CCc1ccccc1. The van der Waals surface area contributed by atoms with Crippen molar-refractivity contribution in [1.29, 1.82) is 0 Å². The minimum Gasteiger partial charge on any atom is -0.298 e. The highest BCUT2D eigenvalue weighted by Gasteiger charge is 2.32. The van der Waals surface area contributed by atoms with E-state index in [0.717, 1.165) is 38.8 Å². The molecule has 1 aliphatic carbocycles. The molecular weight excluding hydrogens is 368 g/mol. The van der Waals surface area contributed by atoms with E-state index in [4.69, 9.17) is 0 Å². The largest absolute Gasteiger partial charge is 0.298 e. The highest BCUT2D eigenvalue weighted by atomic mass is 32.2. The highest BCUT2D eigenvalue weighted by Crippen LogP contribution is 2.27. The fourth-order valence-electron chi connectivity index (χ4n) is 4.45. The van der Waals surface area contributed by atoms with Crippen LogP contribution in [0.4, 0.5) is 0 Å². The van der Waals surface area contributed by atoms with E-state index in [1.807, 2.05) is 24.3 Å². The number of fused-ring (bicyclic) bond motifs is 1. The summed E-state index contributed by atoms with van der Waals surface area (Å²) in [6.45, 7) is 5.03. The summed E-state index contributed by atoms with van der Waals surface area (Å²) in [6, 6.07) is 16.5. The van der Waals surface area contributed by atoms with Gasteiger partial charge in [0.05, 0.1) is 4.90 Å². The van der Waals surface area contributed by atoms with Crippen molar-refractivity contribution in [3.63, 3.8) is 0 Å². The second-order valence-electron chi connectivity index (χ2n) is 8.12. The zero-order valence-electron chi connectivity index (χ0n) is 16.7. The monoisotopic (exact) mass is 398 g/mol. The number of benzene rings is 2. The zero-order chi connectivity index (χ0) is 19.6. The molecule has 2 aromatic rings. The fraction of sp³-hybridized carbons (Fsp3) is 0.478. The number of rotatable bonds is 5. The van der Waals surface area contributed by atoms with Gasteiger partial charge in [-0.2, -0.15) is 4.31 Å². The molecule has 2 aliphatic rings. The van der Waals surface area contributed by atoms with Crippen LogP contribution < -0.4 is 0 Å². The Morgan fingerprint density at radius 2 is 1.71 bits per heavy atom. The summed E-state index contributed by atoms with van der Waals surface area (Å²) in [5.74, 6) is 0. The minimum atomic E-state index is -3.41. The smallest absolute Gasteiger partial charge is 0.243 e. The topological polar surface area (TPSA) is 40.6 Å². The normalized spacial score (nSPS) is 21.4. The van der Waals surface area contributed by atoms with Crippen LogP contribution in [0.1, 0.15) is 36.5 Å². The van der Waals surface area contributed by atoms with Gasteiger partial charge in [-0.3, -0.25) is 4.90 Å². The van der Waals surface area contributed by atoms with Crippen LogP contribution >= 0.6 is 0 Å². The zero-order valence-corrected chi connectivity index (χ0v) is 17.5. The Balaban J connectivity index is 1.41. The van der Waals surface area contributed by atoms with E-state index in [1.165, 1.54) is 23.1 Å². The number of hydrogen-bond acceptors (Lipinski definition) is 3. The molecule has 1 fully saturated rings. The van der Waals surface area contributed by atoms with Gasteiger partial charge in [-0.1, -0.05) is 36.4 Å². The number of nitrogens with zero attached hydrogens (tertiary/aromatic N) is 2. The van der Waals surface area contributed by atoms with Crippen molar-refractivity contribution in [3.8, 4) is 0 Å². The van der Waals surface area contributed by atoms with Crippen molar-refractivity contribution in [2.24, 2.45) is 0 Å². The fourth-order valence-corrected chi connectivity index (χ4v) is 6.01. The van der Waals surface area contributed by atoms with E-state index >= 15 is 0 Å².